The largest absolute Gasteiger partial charge is 0.377 e. The molecule has 2 saturated carbocycles. The van der Waals surface area contributed by atoms with E-state index in [2.05, 4.69) is 20.5 Å². The Balaban J connectivity index is 1.34. The molecule has 3 aromatic rings. The number of aromatic amines is 1. The fourth-order valence-corrected chi connectivity index (χ4v) is 6.64. The lowest BCUT2D eigenvalue weighted by molar-refractivity contribution is -0.124. The maximum Gasteiger partial charge on any atom is 0.269 e. The van der Waals surface area contributed by atoms with Gasteiger partial charge in [-0.3, -0.25) is 19.7 Å². The van der Waals surface area contributed by atoms with Crippen LogP contribution in [0.1, 0.15) is 80.0 Å². The summed E-state index contributed by atoms with van der Waals surface area (Å²) in [7, 11) is 1.60. The van der Waals surface area contributed by atoms with Crippen LogP contribution < -0.4 is 5.32 Å². The molecule has 2 atom stereocenters. The number of fused-ring (bicyclic) bond motifs is 2. The van der Waals surface area contributed by atoms with Crippen LogP contribution in [0.2, 0.25) is 0 Å². The molecule has 1 aromatic carbocycles. The van der Waals surface area contributed by atoms with Crippen molar-refractivity contribution in [3.05, 3.63) is 71.4 Å². The summed E-state index contributed by atoms with van der Waals surface area (Å²) in [6.07, 6.45) is 11.2. The van der Waals surface area contributed by atoms with Gasteiger partial charge in [-0.1, -0.05) is 37.1 Å². The molecular weight excluding hydrogens is 533 g/mol. The van der Waals surface area contributed by atoms with E-state index < -0.39 is 17.4 Å². The van der Waals surface area contributed by atoms with Crippen molar-refractivity contribution in [1.82, 2.24) is 20.5 Å². The molecule has 6 rings (SSSR count). The van der Waals surface area contributed by atoms with Crippen LogP contribution >= 0.6 is 0 Å². The Bertz CT molecular complexity index is 1570. The van der Waals surface area contributed by atoms with Crippen molar-refractivity contribution in [3.8, 4) is 11.1 Å². The molecule has 8 nitrogen and oxygen atoms in total. The molecule has 0 bridgehead atoms. The average molecular weight is 570 g/mol. The number of benzene rings is 1. The predicted molar refractivity (Wildman–Crippen MR) is 159 cm³/mol. The number of methoxy groups -OCH3 is 1. The number of H-pyrrole nitrogens is 1. The fraction of sp³-hybridized carbons (Fsp3) is 0.424. The zero-order valence-electron chi connectivity index (χ0n) is 24.2. The number of allylic oxidation sites excluding steroid dienone is 1. The lowest BCUT2D eigenvalue weighted by Crippen LogP contribution is -2.43. The number of Topliss-reactive ketones (excluding diaryl/α,β-unsaturated/α-hetero) is 1. The van der Waals surface area contributed by atoms with Crippen LogP contribution in [0.25, 0.3) is 17.2 Å². The van der Waals surface area contributed by atoms with Gasteiger partial charge in [-0.05, 0) is 68.4 Å². The minimum absolute atomic E-state index is 0.00523. The first-order chi connectivity index (χ1) is 20.2. The van der Waals surface area contributed by atoms with Crippen LogP contribution in [0.15, 0.2) is 53.7 Å². The van der Waals surface area contributed by atoms with Gasteiger partial charge in [-0.25, -0.2) is 9.38 Å². The summed E-state index contributed by atoms with van der Waals surface area (Å²) in [6.45, 7) is 4.09. The number of rotatable bonds is 7. The molecule has 218 valence electrons. The highest BCUT2D eigenvalue weighted by atomic mass is 19.1. The highest BCUT2D eigenvalue weighted by molar-refractivity contribution is 6.11. The maximum atomic E-state index is 13.8. The van der Waals surface area contributed by atoms with Crippen LogP contribution in [0.4, 0.5) is 10.2 Å². The standard InChI is InChI=1S/C33H36FN5O3/c1-32(2,42-3)19-36-31(41)29-28-24(12-11-23-10-9-21(18-35-23)20-7-6-8-22(34)15-20)27-25(37-30(28)39-38-29)16-33(17-26(27)40)13-4-5-14-33/h6-12,15,18,24,27H,4-5,13-14,16-17,19H2,1-3H3,(H,36,41)(H,38,39)/b12-11+. The van der Waals surface area contributed by atoms with Gasteiger partial charge < -0.3 is 10.1 Å². The van der Waals surface area contributed by atoms with Crippen LogP contribution in [0.3, 0.4) is 0 Å². The van der Waals surface area contributed by atoms with Gasteiger partial charge in [0.15, 0.2) is 5.82 Å². The molecule has 1 aliphatic heterocycles. The van der Waals surface area contributed by atoms with E-state index in [1.807, 2.05) is 44.2 Å². The third kappa shape index (κ3) is 5.45. The van der Waals surface area contributed by atoms with E-state index in [1.165, 1.54) is 12.1 Å². The molecule has 1 amide bonds. The molecule has 2 unspecified atom stereocenters. The maximum absolute atomic E-state index is 13.8. The minimum Gasteiger partial charge on any atom is -0.377 e. The van der Waals surface area contributed by atoms with Crippen molar-refractivity contribution in [1.29, 1.82) is 0 Å². The molecule has 2 aromatic heterocycles. The molecule has 2 aliphatic carbocycles. The summed E-state index contributed by atoms with van der Waals surface area (Å²) in [5.74, 6) is -0.859. The lowest BCUT2D eigenvalue weighted by atomic mass is 9.63. The van der Waals surface area contributed by atoms with Crippen molar-refractivity contribution in [3.63, 3.8) is 0 Å². The van der Waals surface area contributed by atoms with E-state index in [1.54, 1.807) is 19.4 Å². The molecule has 9 heteroatoms. The first kappa shape index (κ1) is 28.2. The quantitative estimate of drug-likeness (QED) is 0.353. The van der Waals surface area contributed by atoms with E-state index in [-0.39, 0.29) is 22.9 Å². The van der Waals surface area contributed by atoms with Gasteiger partial charge in [-0.15, -0.1) is 0 Å². The van der Waals surface area contributed by atoms with E-state index in [0.717, 1.165) is 48.9 Å². The fourth-order valence-electron chi connectivity index (χ4n) is 6.64. The summed E-state index contributed by atoms with van der Waals surface area (Å²) in [4.78, 5) is 36.7. The number of pyridine rings is 1. The predicted octanol–water partition coefficient (Wildman–Crippen LogP) is 6.19. The number of amides is 1. The first-order valence-corrected chi connectivity index (χ1v) is 14.6. The third-order valence-electron chi connectivity index (χ3n) is 9.07. The first-order valence-electron chi connectivity index (χ1n) is 14.6. The van der Waals surface area contributed by atoms with Crippen molar-refractivity contribution < 1.29 is 18.7 Å². The highest BCUT2D eigenvalue weighted by Crippen LogP contribution is 2.53. The van der Waals surface area contributed by atoms with Crippen LogP contribution in [0.5, 0.6) is 0 Å². The second kappa shape index (κ2) is 11.0. The Hall–Kier alpha value is -3.98. The van der Waals surface area contributed by atoms with Crippen LogP contribution in [0, 0.1) is 17.2 Å². The minimum atomic E-state index is -0.543. The zero-order chi connectivity index (χ0) is 29.5. The summed E-state index contributed by atoms with van der Waals surface area (Å²) >= 11 is 0. The number of nitrogens with zero attached hydrogens (tertiary/aromatic N) is 3. The SMILES string of the molecule is COC(C)(C)CNC(=O)c1[nH]nc2c1C(/C=C/c1ccc(-c3cccc(F)c3)cn1)C1C(=O)CC3(CCCC3)CC1=N2. The van der Waals surface area contributed by atoms with Gasteiger partial charge in [0.2, 0.25) is 0 Å². The number of carbonyl (C=O) groups excluding carboxylic acids is 2. The van der Waals surface area contributed by atoms with Gasteiger partial charge >= 0.3 is 0 Å². The van der Waals surface area contributed by atoms with Crippen LogP contribution in [-0.2, 0) is 9.53 Å². The molecule has 3 aliphatic rings. The Labute approximate surface area is 244 Å². The Morgan fingerprint density at radius 2 is 2.00 bits per heavy atom. The summed E-state index contributed by atoms with van der Waals surface area (Å²) in [6, 6.07) is 10.1. The Morgan fingerprint density at radius 1 is 1.19 bits per heavy atom. The molecule has 0 saturated heterocycles. The number of aliphatic imine (C=N–C) groups is 1. The van der Waals surface area contributed by atoms with E-state index in [9.17, 15) is 14.0 Å². The van der Waals surface area contributed by atoms with Crippen molar-refractivity contribution in [2.45, 2.75) is 63.9 Å². The van der Waals surface area contributed by atoms with Crippen molar-refractivity contribution in [2.24, 2.45) is 16.3 Å². The van der Waals surface area contributed by atoms with E-state index >= 15 is 0 Å². The van der Waals surface area contributed by atoms with Gasteiger partial charge in [0.1, 0.15) is 17.3 Å². The lowest BCUT2D eigenvalue weighted by Gasteiger charge is -2.41. The van der Waals surface area contributed by atoms with Gasteiger partial charge in [0.25, 0.3) is 5.91 Å². The smallest absolute Gasteiger partial charge is 0.269 e. The highest BCUT2D eigenvalue weighted by Gasteiger charge is 2.50. The summed E-state index contributed by atoms with van der Waals surface area (Å²) in [5, 5.41) is 10.3. The topological polar surface area (TPSA) is 109 Å². The summed E-state index contributed by atoms with van der Waals surface area (Å²) in [5.41, 5.74) is 3.48. The number of carbonyl (C=O) groups is 2. The molecule has 1 spiro atoms. The van der Waals surface area contributed by atoms with Crippen LogP contribution in [-0.4, -0.2) is 51.8 Å². The van der Waals surface area contributed by atoms with Crippen molar-refractivity contribution in [2.75, 3.05) is 13.7 Å². The molecule has 2 N–H and O–H groups in total. The second-order valence-corrected chi connectivity index (χ2v) is 12.5. The number of hydrogen-bond acceptors (Lipinski definition) is 6. The van der Waals surface area contributed by atoms with E-state index in [0.29, 0.717) is 35.7 Å². The third-order valence-corrected chi connectivity index (χ3v) is 9.07. The molecule has 0 radical (unpaired) electrons. The average Bonchev–Trinajstić information content (AvgIpc) is 3.61. The monoisotopic (exact) mass is 569 g/mol. The molecule has 3 heterocycles. The second-order valence-electron chi connectivity index (χ2n) is 12.5. The van der Waals surface area contributed by atoms with E-state index in [4.69, 9.17) is 9.73 Å². The van der Waals surface area contributed by atoms with Crippen molar-refractivity contribution >= 4 is 29.3 Å². The van der Waals surface area contributed by atoms with Gasteiger partial charge in [0, 0.05) is 49.0 Å². The van der Waals surface area contributed by atoms with Gasteiger partial charge in [0.05, 0.1) is 17.2 Å². The number of ketones is 1. The number of ether oxygens (including phenoxy) is 1. The number of aromatic nitrogens is 3. The Kier molecular flexibility index (Phi) is 7.39. The normalized spacial score (nSPS) is 21.3. The molecule has 2 fully saturated rings. The number of hydrogen-bond donors (Lipinski definition) is 2. The zero-order valence-corrected chi connectivity index (χ0v) is 24.2. The molecular formula is C33H36FN5O3. The molecule has 42 heavy (non-hydrogen) atoms. The number of nitrogens with one attached hydrogen (secondary N) is 2. The van der Waals surface area contributed by atoms with Gasteiger partial charge in [-0.2, -0.15) is 5.10 Å². The summed E-state index contributed by atoms with van der Waals surface area (Å²) < 4.78 is 19.2. The Morgan fingerprint density at radius 3 is 2.71 bits per heavy atom. The number of halogens is 1.